The van der Waals surface area contributed by atoms with Gasteiger partial charge in [-0.15, -0.1) is 0 Å². The first-order valence-electron chi connectivity index (χ1n) is 8.39. The number of carbonyl (C=O) groups is 2. The van der Waals surface area contributed by atoms with Crippen molar-refractivity contribution in [3.8, 4) is 0 Å². The Labute approximate surface area is 166 Å². The Balaban J connectivity index is 2.27. The second kappa shape index (κ2) is 8.03. The third-order valence-corrected chi connectivity index (χ3v) is 4.73. The summed E-state index contributed by atoms with van der Waals surface area (Å²) in [5.74, 6) is -2.04. The summed E-state index contributed by atoms with van der Waals surface area (Å²) >= 11 is 12.6. The number of rotatable bonds is 4. The Morgan fingerprint density at radius 2 is 1.96 bits per heavy atom. The Hall–Kier alpha value is -2.50. The quantitative estimate of drug-likeness (QED) is 0.739. The van der Waals surface area contributed by atoms with E-state index in [-0.39, 0.29) is 5.76 Å². The molecule has 0 saturated carbocycles. The summed E-state index contributed by atoms with van der Waals surface area (Å²) in [5.41, 5.74) is 1.88. The number of anilines is 1. The van der Waals surface area contributed by atoms with Gasteiger partial charge in [-0.05, 0) is 30.7 Å². The van der Waals surface area contributed by atoms with Gasteiger partial charge in [0.05, 0.1) is 11.8 Å². The predicted molar refractivity (Wildman–Crippen MR) is 104 cm³/mol. The third-order valence-electron chi connectivity index (χ3n) is 4.15. The van der Waals surface area contributed by atoms with E-state index in [0.29, 0.717) is 39.8 Å². The van der Waals surface area contributed by atoms with Crippen LogP contribution in [0.25, 0.3) is 0 Å². The highest BCUT2D eigenvalue weighted by Crippen LogP contribution is 2.42. The fourth-order valence-electron chi connectivity index (χ4n) is 3.04. The van der Waals surface area contributed by atoms with Crippen LogP contribution in [-0.4, -0.2) is 23.5 Å². The minimum Gasteiger partial charge on any atom is -0.478 e. The molecule has 1 N–H and O–H groups in total. The molecule has 2 aromatic rings. The minimum absolute atomic E-state index is 0.256. The smallest absolute Gasteiger partial charge is 0.332 e. The number of carboxylic acids is 1. The number of halogens is 2. The van der Waals surface area contributed by atoms with Gasteiger partial charge in [0, 0.05) is 27.7 Å². The van der Waals surface area contributed by atoms with Crippen molar-refractivity contribution in [1.82, 2.24) is 0 Å². The lowest BCUT2D eigenvalue weighted by Gasteiger charge is -2.22. The van der Waals surface area contributed by atoms with Crippen LogP contribution in [0.15, 0.2) is 54.3 Å². The highest BCUT2D eigenvalue weighted by Gasteiger charge is 2.34. The molecule has 0 bridgehead atoms. The van der Waals surface area contributed by atoms with Gasteiger partial charge in [-0.3, -0.25) is 4.79 Å². The van der Waals surface area contributed by atoms with Gasteiger partial charge in [0.1, 0.15) is 0 Å². The molecule has 3 rings (SSSR count). The lowest BCUT2D eigenvalue weighted by molar-refractivity contribution is -0.132. The van der Waals surface area contributed by atoms with Crippen molar-refractivity contribution >= 4 is 40.8 Å². The van der Waals surface area contributed by atoms with Gasteiger partial charge in [-0.2, -0.15) is 0 Å². The molecule has 0 fully saturated rings. The largest absolute Gasteiger partial charge is 0.478 e. The molecule has 1 aliphatic heterocycles. The van der Waals surface area contributed by atoms with E-state index in [0.717, 1.165) is 6.08 Å². The van der Waals surface area contributed by atoms with Crippen LogP contribution in [0.1, 0.15) is 30.6 Å². The molecule has 2 aromatic carbocycles. The topological polar surface area (TPSA) is 66.8 Å². The monoisotopic (exact) mass is 405 g/mol. The molecule has 0 aromatic heterocycles. The Bertz CT molecular complexity index is 926. The second-order valence-corrected chi connectivity index (χ2v) is 6.87. The lowest BCUT2D eigenvalue weighted by atomic mass is 9.99. The van der Waals surface area contributed by atoms with Gasteiger partial charge in [0.25, 0.3) is 5.91 Å². The number of aliphatic carboxylic acids is 1. The molecule has 27 heavy (non-hydrogen) atoms. The second-order valence-electron chi connectivity index (χ2n) is 6.03. The number of hydrogen-bond acceptors (Lipinski definition) is 3. The van der Waals surface area contributed by atoms with E-state index in [1.54, 1.807) is 42.5 Å². The van der Waals surface area contributed by atoms with Crippen LogP contribution in [0.4, 0.5) is 5.69 Å². The van der Waals surface area contributed by atoms with Gasteiger partial charge in [-0.1, -0.05) is 48.3 Å². The zero-order valence-electron chi connectivity index (χ0n) is 14.5. The summed E-state index contributed by atoms with van der Waals surface area (Å²) in [6.07, 6.45) is 0.691. The summed E-state index contributed by atoms with van der Waals surface area (Å²) in [4.78, 5) is 25.7. The van der Waals surface area contributed by atoms with Crippen molar-refractivity contribution in [2.75, 3.05) is 11.4 Å². The number of ether oxygens (including phenoxy) is 1. The minimum atomic E-state index is -1.27. The summed E-state index contributed by atoms with van der Waals surface area (Å²) in [7, 11) is 0. The van der Waals surface area contributed by atoms with Crippen molar-refractivity contribution in [2.45, 2.75) is 19.4 Å². The number of nitrogens with zero attached hydrogens (tertiary/aromatic N) is 1. The molecule has 5 nitrogen and oxygen atoms in total. The molecular formula is C20H17Cl2NO4. The molecule has 7 heteroatoms. The molecule has 1 amide bonds. The molecule has 0 radical (unpaired) electrons. The Morgan fingerprint density at radius 3 is 2.63 bits per heavy atom. The van der Waals surface area contributed by atoms with Crippen LogP contribution < -0.4 is 4.90 Å². The first-order valence-corrected chi connectivity index (χ1v) is 9.15. The van der Waals surface area contributed by atoms with Crippen LogP contribution in [-0.2, 0) is 14.3 Å². The molecule has 1 aliphatic rings. The van der Waals surface area contributed by atoms with E-state index in [2.05, 4.69) is 0 Å². The summed E-state index contributed by atoms with van der Waals surface area (Å²) in [5, 5.41) is 10.1. The number of carboxylic acid groups (broad SMARTS) is 1. The zero-order valence-corrected chi connectivity index (χ0v) is 16.0. The number of fused-ring (bicyclic) bond motifs is 1. The number of hydrogen-bond donors (Lipinski definition) is 1. The van der Waals surface area contributed by atoms with Crippen molar-refractivity contribution in [2.24, 2.45) is 0 Å². The average Bonchev–Trinajstić information content (AvgIpc) is 2.72. The van der Waals surface area contributed by atoms with Crippen molar-refractivity contribution < 1.29 is 19.4 Å². The zero-order chi connectivity index (χ0) is 19.6. The van der Waals surface area contributed by atoms with Crippen molar-refractivity contribution in [3.05, 3.63) is 75.5 Å². The number of amides is 1. The van der Waals surface area contributed by atoms with Crippen molar-refractivity contribution in [1.29, 1.82) is 0 Å². The third kappa shape index (κ3) is 3.94. The molecule has 0 aliphatic carbocycles. The van der Waals surface area contributed by atoms with Gasteiger partial charge < -0.3 is 14.7 Å². The number of benzene rings is 2. The van der Waals surface area contributed by atoms with Crippen LogP contribution in [0.5, 0.6) is 0 Å². The summed E-state index contributed by atoms with van der Waals surface area (Å²) in [6, 6.07) is 12.2. The molecule has 140 valence electrons. The van der Waals surface area contributed by atoms with E-state index in [4.69, 9.17) is 27.9 Å². The Kier molecular flexibility index (Phi) is 5.73. The van der Waals surface area contributed by atoms with E-state index in [1.165, 1.54) is 4.90 Å². The maximum atomic E-state index is 13.0. The fraction of sp³-hybridized carbons (Fsp3) is 0.200. The van der Waals surface area contributed by atoms with E-state index >= 15 is 0 Å². The predicted octanol–water partition coefficient (Wildman–Crippen LogP) is 4.82. The van der Waals surface area contributed by atoms with E-state index in [1.807, 2.05) is 6.92 Å². The molecule has 0 spiro atoms. The van der Waals surface area contributed by atoms with Crippen molar-refractivity contribution in [3.63, 3.8) is 0 Å². The van der Waals surface area contributed by atoms with Gasteiger partial charge in [0.15, 0.2) is 11.9 Å². The summed E-state index contributed by atoms with van der Waals surface area (Å²) in [6.45, 7) is 2.34. The SMILES string of the molecule is CCCN1C(=O)/C(=C/C(=O)O)O[C@H](c2ccccc2Cl)c2cc(Cl)ccc21. The van der Waals surface area contributed by atoms with Crippen LogP contribution >= 0.6 is 23.2 Å². The number of carbonyl (C=O) groups excluding carboxylic acids is 1. The lowest BCUT2D eigenvalue weighted by Crippen LogP contribution is -2.32. The molecule has 1 heterocycles. The van der Waals surface area contributed by atoms with Crippen LogP contribution in [0, 0.1) is 0 Å². The fourth-order valence-corrected chi connectivity index (χ4v) is 3.45. The van der Waals surface area contributed by atoms with E-state index in [9.17, 15) is 14.7 Å². The van der Waals surface area contributed by atoms with Gasteiger partial charge >= 0.3 is 5.97 Å². The van der Waals surface area contributed by atoms with E-state index < -0.39 is 18.0 Å². The first kappa shape index (κ1) is 19.3. The van der Waals surface area contributed by atoms with Gasteiger partial charge in [-0.25, -0.2) is 4.79 Å². The standard InChI is InChI=1S/C20H17Cl2NO4/c1-2-9-23-16-8-7-12(21)10-14(16)19(13-5-3-4-6-15(13)22)27-17(20(23)26)11-18(24)25/h3-8,10-11,19H,2,9H2,1H3,(H,24,25)/b17-11-/t19-/m1/s1. The molecule has 0 saturated heterocycles. The summed E-state index contributed by atoms with van der Waals surface area (Å²) < 4.78 is 5.91. The molecule has 1 atom stereocenters. The average molecular weight is 406 g/mol. The maximum absolute atomic E-state index is 13.0. The Morgan fingerprint density at radius 1 is 1.22 bits per heavy atom. The molecular weight excluding hydrogens is 389 g/mol. The van der Waals surface area contributed by atoms with Crippen LogP contribution in [0.2, 0.25) is 10.0 Å². The normalized spacial score (nSPS) is 18.0. The highest BCUT2D eigenvalue weighted by molar-refractivity contribution is 6.31. The van der Waals surface area contributed by atoms with Gasteiger partial charge in [0.2, 0.25) is 0 Å². The first-order chi connectivity index (χ1) is 12.9. The maximum Gasteiger partial charge on any atom is 0.332 e. The van der Waals surface area contributed by atoms with Crippen LogP contribution in [0.3, 0.4) is 0 Å². The molecule has 0 unspecified atom stereocenters. The highest BCUT2D eigenvalue weighted by atomic mass is 35.5.